The maximum Gasteiger partial charge on any atom is 0.255 e. The third kappa shape index (κ3) is 3.58. The molecule has 0 aliphatic heterocycles. The third-order valence-corrected chi connectivity index (χ3v) is 3.13. The normalized spacial score (nSPS) is 9.91. The Bertz CT molecular complexity index is 721. The van der Waals surface area contributed by atoms with Crippen molar-refractivity contribution in [3.63, 3.8) is 0 Å². The zero-order valence-electron chi connectivity index (χ0n) is 12.3. The molecule has 5 nitrogen and oxygen atoms in total. The van der Waals surface area contributed by atoms with Crippen molar-refractivity contribution in [2.45, 2.75) is 6.92 Å². The van der Waals surface area contributed by atoms with E-state index in [-0.39, 0.29) is 11.8 Å². The first-order valence-corrected chi connectivity index (χ1v) is 6.74. The van der Waals surface area contributed by atoms with Gasteiger partial charge in [-0.1, -0.05) is 0 Å². The Morgan fingerprint density at radius 2 is 1.64 bits per heavy atom. The van der Waals surface area contributed by atoms with E-state index >= 15 is 0 Å². The van der Waals surface area contributed by atoms with E-state index in [2.05, 4.69) is 10.6 Å². The van der Waals surface area contributed by atoms with Gasteiger partial charge in [0, 0.05) is 29.4 Å². The Morgan fingerprint density at radius 3 is 2.23 bits per heavy atom. The van der Waals surface area contributed by atoms with Crippen LogP contribution in [-0.4, -0.2) is 25.1 Å². The molecule has 112 valence electrons. The zero-order chi connectivity index (χ0) is 16.1. The van der Waals surface area contributed by atoms with Gasteiger partial charge in [-0.05, 0) is 55.0 Å². The second-order valence-electron chi connectivity index (χ2n) is 4.86. The average Bonchev–Trinajstić information content (AvgIpc) is 2.54. The summed E-state index contributed by atoms with van der Waals surface area (Å²) in [5.41, 5.74) is 2.80. The maximum absolute atomic E-state index is 12.2. The highest BCUT2D eigenvalue weighted by Crippen LogP contribution is 2.13. The first-order chi connectivity index (χ1) is 10.5. The van der Waals surface area contributed by atoms with Crippen molar-refractivity contribution in [1.29, 1.82) is 0 Å². The smallest absolute Gasteiger partial charge is 0.255 e. The maximum atomic E-state index is 12.2. The van der Waals surface area contributed by atoms with Crippen LogP contribution < -0.4 is 10.6 Å². The Balaban J connectivity index is 2.16. The number of benzene rings is 2. The van der Waals surface area contributed by atoms with Crippen LogP contribution in [0.5, 0.6) is 0 Å². The minimum Gasteiger partial charge on any atom is -0.355 e. The number of carbonyl (C=O) groups is 3. The van der Waals surface area contributed by atoms with Crippen LogP contribution in [0.1, 0.15) is 36.6 Å². The number of aldehydes is 1. The lowest BCUT2D eigenvalue weighted by Gasteiger charge is -2.07. The van der Waals surface area contributed by atoms with Crippen LogP contribution >= 0.6 is 0 Å². The topological polar surface area (TPSA) is 75.3 Å². The molecule has 0 saturated heterocycles. The SMILES string of the molecule is CNC(=O)c1ccc(NC(=O)c2cc(C)cc(C=O)c2)cc1. The standard InChI is InChI=1S/C17H16N2O3/c1-11-7-12(10-20)9-14(8-11)17(22)19-15-5-3-13(4-6-15)16(21)18-2/h3-10H,1-2H3,(H,18,21)(H,19,22). The number of hydrogen-bond donors (Lipinski definition) is 2. The first-order valence-electron chi connectivity index (χ1n) is 6.74. The van der Waals surface area contributed by atoms with Crippen molar-refractivity contribution in [3.05, 3.63) is 64.7 Å². The fraction of sp³-hybridized carbons (Fsp3) is 0.118. The summed E-state index contributed by atoms with van der Waals surface area (Å²) in [6.07, 6.45) is 0.710. The molecule has 0 radical (unpaired) electrons. The van der Waals surface area contributed by atoms with Crippen LogP contribution in [0.4, 0.5) is 5.69 Å². The lowest BCUT2D eigenvalue weighted by Crippen LogP contribution is -2.18. The Labute approximate surface area is 128 Å². The van der Waals surface area contributed by atoms with Gasteiger partial charge >= 0.3 is 0 Å². The third-order valence-electron chi connectivity index (χ3n) is 3.13. The molecule has 2 aromatic rings. The Morgan fingerprint density at radius 1 is 0.955 bits per heavy atom. The molecule has 2 amide bonds. The minimum atomic E-state index is -0.306. The summed E-state index contributed by atoms with van der Waals surface area (Å²) in [5, 5.41) is 5.26. The van der Waals surface area contributed by atoms with Gasteiger partial charge in [0.05, 0.1) is 0 Å². The predicted octanol–water partition coefficient (Wildman–Crippen LogP) is 2.42. The van der Waals surface area contributed by atoms with Crippen molar-refractivity contribution >= 4 is 23.8 Å². The highest BCUT2D eigenvalue weighted by molar-refractivity contribution is 6.05. The van der Waals surface area contributed by atoms with Gasteiger partial charge in [0.15, 0.2) is 0 Å². The molecule has 0 fully saturated rings. The summed E-state index contributed by atoms with van der Waals surface area (Å²) in [7, 11) is 1.56. The summed E-state index contributed by atoms with van der Waals surface area (Å²) in [4.78, 5) is 34.5. The molecule has 0 heterocycles. The molecule has 0 aliphatic carbocycles. The van der Waals surface area contributed by atoms with Crippen LogP contribution in [0, 0.1) is 6.92 Å². The van der Waals surface area contributed by atoms with Gasteiger partial charge in [-0.25, -0.2) is 0 Å². The molecule has 0 unspecified atom stereocenters. The molecule has 2 N–H and O–H groups in total. The van der Waals surface area contributed by atoms with Crippen LogP contribution in [0.2, 0.25) is 0 Å². The Hall–Kier alpha value is -2.95. The van der Waals surface area contributed by atoms with Gasteiger partial charge in [-0.3, -0.25) is 14.4 Å². The number of carbonyl (C=O) groups excluding carboxylic acids is 3. The molecule has 0 spiro atoms. The Kier molecular flexibility index (Phi) is 4.68. The minimum absolute atomic E-state index is 0.188. The highest BCUT2D eigenvalue weighted by atomic mass is 16.2. The lowest BCUT2D eigenvalue weighted by atomic mass is 10.1. The number of nitrogens with one attached hydrogen (secondary N) is 2. The van der Waals surface area contributed by atoms with E-state index < -0.39 is 0 Å². The van der Waals surface area contributed by atoms with Gasteiger partial charge in [0.1, 0.15) is 6.29 Å². The van der Waals surface area contributed by atoms with Gasteiger partial charge < -0.3 is 10.6 Å². The summed E-state index contributed by atoms with van der Waals surface area (Å²) in [5.74, 6) is -0.494. The van der Waals surface area contributed by atoms with Crippen molar-refractivity contribution < 1.29 is 14.4 Å². The van der Waals surface area contributed by atoms with Crippen LogP contribution in [0.3, 0.4) is 0 Å². The summed E-state index contributed by atoms with van der Waals surface area (Å²) >= 11 is 0. The highest BCUT2D eigenvalue weighted by Gasteiger charge is 2.09. The predicted molar refractivity (Wildman–Crippen MR) is 84.4 cm³/mol. The van der Waals surface area contributed by atoms with Gasteiger partial charge in [-0.2, -0.15) is 0 Å². The first kappa shape index (κ1) is 15.4. The number of rotatable bonds is 4. The van der Waals surface area contributed by atoms with Crippen molar-refractivity contribution in [2.75, 3.05) is 12.4 Å². The molecule has 2 rings (SSSR count). The van der Waals surface area contributed by atoms with E-state index in [1.54, 1.807) is 43.4 Å². The molecule has 5 heteroatoms. The van der Waals surface area contributed by atoms with E-state index in [1.165, 1.54) is 6.07 Å². The second-order valence-corrected chi connectivity index (χ2v) is 4.86. The molecular weight excluding hydrogens is 280 g/mol. The molecule has 0 bridgehead atoms. The summed E-state index contributed by atoms with van der Waals surface area (Å²) in [6, 6.07) is 11.5. The van der Waals surface area contributed by atoms with E-state index in [0.717, 1.165) is 5.56 Å². The number of aryl methyl sites for hydroxylation is 1. The molecule has 2 aromatic carbocycles. The van der Waals surface area contributed by atoms with Crippen molar-refractivity contribution in [1.82, 2.24) is 5.32 Å². The quantitative estimate of drug-likeness (QED) is 0.851. The summed E-state index contributed by atoms with van der Waals surface area (Å²) in [6.45, 7) is 1.82. The van der Waals surface area contributed by atoms with Gasteiger partial charge in [-0.15, -0.1) is 0 Å². The average molecular weight is 296 g/mol. The van der Waals surface area contributed by atoms with Gasteiger partial charge in [0.25, 0.3) is 11.8 Å². The number of hydrogen-bond acceptors (Lipinski definition) is 3. The fourth-order valence-electron chi connectivity index (χ4n) is 2.06. The van der Waals surface area contributed by atoms with Gasteiger partial charge in [0.2, 0.25) is 0 Å². The van der Waals surface area contributed by atoms with Crippen molar-refractivity contribution in [2.24, 2.45) is 0 Å². The van der Waals surface area contributed by atoms with Crippen molar-refractivity contribution in [3.8, 4) is 0 Å². The number of anilines is 1. The second kappa shape index (κ2) is 6.67. The monoisotopic (exact) mass is 296 g/mol. The van der Waals surface area contributed by atoms with E-state index in [9.17, 15) is 14.4 Å². The number of amides is 2. The molecule has 22 heavy (non-hydrogen) atoms. The molecule has 0 aromatic heterocycles. The lowest BCUT2D eigenvalue weighted by molar-refractivity contribution is 0.0962. The molecule has 0 saturated carbocycles. The molecule has 0 aliphatic rings. The van der Waals surface area contributed by atoms with E-state index in [0.29, 0.717) is 28.7 Å². The van der Waals surface area contributed by atoms with Crippen LogP contribution in [-0.2, 0) is 0 Å². The molecule has 0 atom stereocenters. The van der Waals surface area contributed by atoms with E-state index in [1.807, 2.05) is 6.92 Å². The van der Waals surface area contributed by atoms with Crippen LogP contribution in [0.25, 0.3) is 0 Å². The molecular formula is C17H16N2O3. The zero-order valence-corrected chi connectivity index (χ0v) is 12.3. The summed E-state index contributed by atoms with van der Waals surface area (Å²) < 4.78 is 0. The largest absolute Gasteiger partial charge is 0.355 e. The fourth-order valence-corrected chi connectivity index (χ4v) is 2.06. The van der Waals surface area contributed by atoms with E-state index in [4.69, 9.17) is 0 Å². The van der Waals surface area contributed by atoms with Crippen LogP contribution in [0.15, 0.2) is 42.5 Å².